The molecule has 3 aromatic rings. The monoisotopic (exact) mass is 396 g/mol. The van der Waals surface area contributed by atoms with Crippen molar-refractivity contribution in [2.24, 2.45) is 5.41 Å². The van der Waals surface area contributed by atoms with Crippen LogP contribution in [-0.2, 0) is 4.79 Å². The van der Waals surface area contributed by atoms with Crippen LogP contribution in [0.1, 0.15) is 44.1 Å². The van der Waals surface area contributed by atoms with Crippen LogP contribution < -0.4 is 0 Å². The highest BCUT2D eigenvalue weighted by atomic mass is 32.2. The molecule has 2 unspecified atom stereocenters. The summed E-state index contributed by atoms with van der Waals surface area (Å²) in [5.74, 6) is -0.925. The molecular formula is C22H24N2O3S. The van der Waals surface area contributed by atoms with Crippen molar-refractivity contribution in [3.63, 3.8) is 0 Å². The molecule has 1 aromatic heterocycles. The Morgan fingerprint density at radius 2 is 1.64 bits per heavy atom. The second-order valence-electron chi connectivity index (χ2n) is 7.85. The van der Waals surface area contributed by atoms with E-state index in [0.717, 1.165) is 11.0 Å². The van der Waals surface area contributed by atoms with E-state index in [1.54, 1.807) is 16.7 Å². The van der Waals surface area contributed by atoms with E-state index < -0.39 is 22.7 Å². The zero-order valence-electron chi connectivity index (χ0n) is 16.4. The van der Waals surface area contributed by atoms with Crippen LogP contribution >= 0.6 is 11.8 Å². The quantitative estimate of drug-likeness (QED) is 0.465. The fourth-order valence-electron chi connectivity index (χ4n) is 3.27. The SMILES string of the molecule is CC(Sc1nc2ccccc2n1C(C(=O)O)C(C)(C)C)C(=O)c1ccccc1. The number of benzene rings is 2. The van der Waals surface area contributed by atoms with Crippen molar-refractivity contribution in [2.75, 3.05) is 0 Å². The maximum absolute atomic E-state index is 12.8. The molecule has 6 heteroatoms. The molecule has 1 heterocycles. The lowest BCUT2D eigenvalue weighted by molar-refractivity contribution is -0.144. The largest absolute Gasteiger partial charge is 0.480 e. The fourth-order valence-corrected chi connectivity index (χ4v) is 4.30. The molecule has 0 spiro atoms. The number of imidazole rings is 1. The average molecular weight is 397 g/mol. The van der Waals surface area contributed by atoms with Crippen LogP contribution in [0.5, 0.6) is 0 Å². The zero-order chi connectivity index (χ0) is 20.5. The lowest BCUT2D eigenvalue weighted by Crippen LogP contribution is -2.32. The highest BCUT2D eigenvalue weighted by Gasteiger charge is 2.36. The van der Waals surface area contributed by atoms with Gasteiger partial charge in [0.1, 0.15) is 6.04 Å². The van der Waals surface area contributed by atoms with E-state index in [4.69, 9.17) is 0 Å². The number of Topliss-reactive ketones (excluding diaryl/α,β-unsaturated/α-hetero) is 1. The van der Waals surface area contributed by atoms with Crippen LogP contribution in [0.4, 0.5) is 0 Å². The normalized spacial score (nSPS) is 14.0. The van der Waals surface area contributed by atoms with Gasteiger partial charge in [0, 0.05) is 5.56 Å². The average Bonchev–Trinajstić information content (AvgIpc) is 2.98. The second kappa shape index (κ2) is 7.80. The summed E-state index contributed by atoms with van der Waals surface area (Å²) in [6.45, 7) is 7.52. The summed E-state index contributed by atoms with van der Waals surface area (Å²) < 4.78 is 1.76. The van der Waals surface area contributed by atoms with Crippen molar-refractivity contribution < 1.29 is 14.7 Å². The molecule has 5 nitrogen and oxygen atoms in total. The zero-order valence-corrected chi connectivity index (χ0v) is 17.2. The van der Waals surface area contributed by atoms with E-state index in [1.165, 1.54) is 11.8 Å². The van der Waals surface area contributed by atoms with Gasteiger partial charge in [0.2, 0.25) is 0 Å². The molecule has 0 aliphatic carbocycles. The van der Waals surface area contributed by atoms with E-state index >= 15 is 0 Å². The predicted molar refractivity (Wildman–Crippen MR) is 112 cm³/mol. The first-order valence-electron chi connectivity index (χ1n) is 9.16. The van der Waals surface area contributed by atoms with Crippen molar-refractivity contribution in [1.82, 2.24) is 9.55 Å². The second-order valence-corrected chi connectivity index (χ2v) is 9.16. The van der Waals surface area contributed by atoms with Gasteiger partial charge >= 0.3 is 5.97 Å². The number of aromatic nitrogens is 2. The number of carboxylic acids is 1. The van der Waals surface area contributed by atoms with Gasteiger partial charge in [-0.25, -0.2) is 9.78 Å². The van der Waals surface area contributed by atoms with Crippen LogP contribution in [0, 0.1) is 5.41 Å². The molecule has 0 radical (unpaired) electrons. The number of hydrogen-bond acceptors (Lipinski definition) is 4. The molecule has 1 N–H and O–H groups in total. The number of ketones is 1. The molecule has 0 amide bonds. The van der Waals surface area contributed by atoms with Crippen molar-refractivity contribution in [2.45, 2.75) is 44.1 Å². The first-order valence-corrected chi connectivity index (χ1v) is 10.0. The summed E-state index contributed by atoms with van der Waals surface area (Å²) in [5, 5.41) is 10.1. The maximum Gasteiger partial charge on any atom is 0.327 e. The Bertz CT molecular complexity index is 1010. The highest BCUT2D eigenvalue weighted by Crippen LogP contribution is 2.38. The van der Waals surface area contributed by atoms with E-state index in [2.05, 4.69) is 4.98 Å². The topological polar surface area (TPSA) is 72.2 Å². The van der Waals surface area contributed by atoms with Gasteiger partial charge in [-0.3, -0.25) is 4.79 Å². The number of carbonyl (C=O) groups is 2. The van der Waals surface area contributed by atoms with Crippen molar-refractivity contribution >= 4 is 34.5 Å². The van der Waals surface area contributed by atoms with Gasteiger partial charge in [-0.15, -0.1) is 0 Å². The predicted octanol–water partition coefficient (Wildman–Crippen LogP) is 5.07. The molecule has 0 saturated carbocycles. The smallest absolute Gasteiger partial charge is 0.327 e. The summed E-state index contributed by atoms with van der Waals surface area (Å²) >= 11 is 1.30. The summed E-state index contributed by atoms with van der Waals surface area (Å²) in [6.07, 6.45) is 0. The Hall–Kier alpha value is -2.60. The third-order valence-electron chi connectivity index (χ3n) is 4.59. The molecule has 28 heavy (non-hydrogen) atoms. The number of carbonyl (C=O) groups excluding carboxylic acids is 1. The van der Waals surface area contributed by atoms with Crippen LogP contribution in [0.2, 0.25) is 0 Å². The number of hydrogen-bond donors (Lipinski definition) is 1. The van der Waals surface area contributed by atoms with Gasteiger partial charge in [-0.1, -0.05) is 75.0 Å². The Kier molecular flexibility index (Phi) is 5.61. The number of nitrogens with zero attached hydrogens (tertiary/aromatic N) is 2. The van der Waals surface area contributed by atoms with Gasteiger partial charge in [-0.2, -0.15) is 0 Å². The van der Waals surface area contributed by atoms with Crippen LogP contribution in [0.15, 0.2) is 59.8 Å². The van der Waals surface area contributed by atoms with Crippen molar-refractivity contribution in [3.05, 3.63) is 60.2 Å². The summed E-state index contributed by atoms with van der Waals surface area (Å²) in [7, 11) is 0. The molecule has 0 bridgehead atoms. The number of fused-ring (bicyclic) bond motifs is 1. The summed E-state index contributed by atoms with van der Waals surface area (Å²) in [5.41, 5.74) is 1.58. The first-order chi connectivity index (χ1) is 13.2. The van der Waals surface area contributed by atoms with Gasteiger partial charge in [0.15, 0.2) is 10.9 Å². The molecule has 2 aromatic carbocycles. The number of para-hydroxylation sites is 2. The molecule has 0 aliphatic heterocycles. The molecule has 0 saturated heterocycles. The third-order valence-corrected chi connectivity index (χ3v) is 5.65. The van der Waals surface area contributed by atoms with Crippen LogP contribution in [0.25, 0.3) is 11.0 Å². The highest BCUT2D eigenvalue weighted by molar-refractivity contribution is 8.00. The van der Waals surface area contributed by atoms with E-state index in [0.29, 0.717) is 10.7 Å². The molecule has 0 fully saturated rings. The number of rotatable bonds is 6. The summed E-state index contributed by atoms with van der Waals surface area (Å²) in [4.78, 5) is 29.6. The minimum Gasteiger partial charge on any atom is -0.480 e. The number of thioether (sulfide) groups is 1. The molecule has 3 rings (SSSR count). The molecular weight excluding hydrogens is 372 g/mol. The van der Waals surface area contributed by atoms with Gasteiger partial charge in [0.25, 0.3) is 0 Å². The van der Waals surface area contributed by atoms with Crippen LogP contribution in [-0.4, -0.2) is 31.7 Å². The number of carboxylic acid groups (broad SMARTS) is 1. The standard InChI is InChI=1S/C22H24N2O3S/c1-14(18(25)15-10-6-5-7-11-15)28-21-23-16-12-8-9-13-17(16)24(21)19(20(26)27)22(2,3)4/h5-14,19H,1-4H3,(H,26,27). The Balaban J connectivity index is 2.06. The lowest BCUT2D eigenvalue weighted by Gasteiger charge is -2.30. The van der Waals surface area contributed by atoms with E-state index in [9.17, 15) is 14.7 Å². The fraction of sp³-hybridized carbons (Fsp3) is 0.318. The number of aliphatic carboxylic acids is 1. The Morgan fingerprint density at radius 1 is 1.04 bits per heavy atom. The van der Waals surface area contributed by atoms with Gasteiger partial charge < -0.3 is 9.67 Å². The molecule has 0 aliphatic rings. The molecule has 146 valence electrons. The minimum atomic E-state index is -0.917. The Labute approximate surface area is 168 Å². The molecule has 2 atom stereocenters. The maximum atomic E-state index is 12.8. The van der Waals surface area contributed by atoms with Gasteiger partial charge in [0.05, 0.1) is 16.3 Å². The van der Waals surface area contributed by atoms with Crippen molar-refractivity contribution in [3.8, 4) is 0 Å². The minimum absolute atomic E-state index is 0.00756. The van der Waals surface area contributed by atoms with E-state index in [-0.39, 0.29) is 5.78 Å². The van der Waals surface area contributed by atoms with Gasteiger partial charge in [-0.05, 0) is 24.5 Å². The van der Waals surface area contributed by atoms with Crippen molar-refractivity contribution in [1.29, 1.82) is 0 Å². The van der Waals surface area contributed by atoms with Crippen LogP contribution in [0.3, 0.4) is 0 Å². The first kappa shape index (κ1) is 20.1. The summed E-state index contributed by atoms with van der Waals surface area (Å²) in [6, 6.07) is 15.8. The lowest BCUT2D eigenvalue weighted by atomic mass is 9.86. The van der Waals surface area contributed by atoms with E-state index in [1.807, 2.05) is 70.2 Å². The Morgan fingerprint density at radius 3 is 2.25 bits per heavy atom. The third kappa shape index (κ3) is 3.97.